The van der Waals surface area contributed by atoms with E-state index in [2.05, 4.69) is 20.7 Å². The number of halogens is 1. The first kappa shape index (κ1) is 19.3. The zero-order chi connectivity index (χ0) is 18.6. The van der Waals surface area contributed by atoms with Gasteiger partial charge in [-0.15, -0.1) is 0 Å². The summed E-state index contributed by atoms with van der Waals surface area (Å²) in [5.41, 5.74) is 1.55. The summed E-state index contributed by atoms with van der Waals surface area (Å²) in [5.74, 6) is -0.582. The van der Waals surface area contributed by atoms with Crippen molar-refractivity contribution < 1.29 is 17.9 Å². The molecule has 0 aromatic heterocycles. The maximum Gasteiger partial charge on any atom is 0.339 e. The maximum atomic E-state index is 12.6. The molecule has 0 bridgehead atoms. The molecule has 134 valence electrons. The van der Waals surface area contributed by atoms with Crippen LogP contribution in [-0.4, -0.2) is 35.1 Å². The van der Waals surface area contributed by atoms with Gasteiger partial charge in [0.2, 0.25) is 0 Å². The molecule has 0 saturated carbocycles. The molecule has 0 aliphatic rings. The molecule has 2 rings (SSSR count). The van der Waals surface area contributed by atoms with Gasteiger partial charge >= 0.3 is 5.97 Å². The number of esters is 1. The van der Waals surface area contributed by atoms with E-state index in [1.54, 1.807) is 19.1 Å². The van der Waals surface area contributed by atoms with E-state index in [4.69, 9.17) is 4.74 Å². The molecule has 0 radical (unpaired) electrons. The van der Waals surface area contributed by atoms with Crippen molar-refractivity contribution in [2.24, 2.45) is 0 Å². The fraction of sp³-hybridized carbons (Fsp3) is 0.235. The van der Waals surface area contributed by atoms with Gasteiger partial charge in [-0.05, 0) is 65.3 Å². The first-order valence-electron chi connectivity index (χ1n) is 7.51. The van der Waals surface area contributed by atoms with Gasteiger partial charge in [0.15, 0.2) is 0 Å². The highest BCUT2D eigenvalue weighted by Gasteiger charge is 2.19. The molecule has 0 heterocycles. The van der Waals surface area contributed by atoms with Crippen LogP contribution >= 0.6 is 15.9 Å². The second-order valence-corrected chi connectivity index (χ2v) is 7.95. The molecule has 0 spiro atoms. The van der Waals surface area contributed by atoms with Crippen LogP contribution in [0.2, 0.25) is 0 Å². The van der Waals surface area contributed by atoms with Gasteiger partial charge in [-0.25, -0.2) is 13.2 Å². The van der Waals surface area contributed by atoms with Crippen molar-refractivity contribution in [2.75, 3.05) is 30.3 Å². The van der Waals surface area contributed by atoms with Gasteiger partial charge in [0.25, 0.3) is 10.0 Å². The first-order valence-corrected chi connectivity index (χ1v) is 9.79. The number of hydrogen-bond donors (Lipinski definition) is 1. The molecule has 2 aromatic carbocycles. The number of sulfonamides is 1. The molecular weight excluding hydrogens is 408 g/mol. The average molecular weight is 427 g/mol. The van der Waals surface area contributed by atoms with Gasteiger partial charge in [0.1, 0.15) is 0 Å². The topological polar surface area (TPSA) is 75.7 Å². The lowest BCUT2D eigenvalue weighted by Crippen LogP contribution is -2.15. The van der Waals surface area contributed by atoms with Crippen LogP contribution in [0.1, 0.15) is 17.3 Å². The zero-order valence-electron chi connectivity index (χ0n) is 14.1. The fourth-order valence-corrected chi connectivity index (χ4v) is 3.57. The maximum absolute atomic E-state index is 12.6. The Labute approximate surface area is 156 Å². The van der Waals surface area contributed by atoms with Crippen LogP contribution < -0.4 is 9.62 Å². The summed E-state index contributed by atoms with van der Waals surface area (Å²) in [6.45, 7) is 1.89. The quantitative estimate of drug-likeness (QED) is 0.715. The number of carbonyl (C=O) groups excluding carboxylic acids is 1. The molecule has 0 amide bonds. The van der Waals surface area contributed by atoms with Crippen LogP contribution in [-0.2, 0) is 14.8 Å². The largest absolute Gasteiger partial charge is 0.462 e. The normalized spacial score (nSPS) is 11.0. The van der Waals surface area contributed by atoms with Crippen LogP contribution in [0, 0.1) is 0 Å². The van der Waals surface area contributed by atoms with Crippen molar-refractivity contribution in [3.05, 3.63) is 52.5 Å². The number of ether oxygens (including phenoxy) is 1. The van der Waals surface area contributed by atoms with Gasteiger partial charge < -0.3 is 9.64 Å². The molecule has 0 unspecified atom stereocenters. The van der Waals surface area contributed by atoms with Crippen LogP contribution in [0.3, 0.4) is 0 Å². The molecule has 0 aliphatic heterocycles. The second-order valence-electron chi connectivity index (χ2n) is 5.41. The average Bonchev–Trinajstić information content (AvgIpc) is 2.55. The Morgan fingerprint density at radius 2 is 1.80 bits per heavy atom. The third-order valence-electron chi connectivity index (χ3n) is 3.38. The summed E-state index contributed by atoms with van der Waals surface area (Å²) in [4.78, 5) is 13.8. The highest BCUT2D eigenvalue weighted by Crippen LogP contribution is 2.24. The highest BCUT2D eigenvalue weighted by atomic mass is 79.9. The Morgan fingerprint density at radius 1 is 1.16 bits per heavy atom. The van der Waals surface area contributed by atoms with E-state index >= 15 is 0 Å². The van der Waals surface area contributed by atoms with Gasteiger partial charge in [-0.3, -0.25) is 4.72 Å². The number of rotatable bonds is 6. The molecule has 0 aliphatic carbocycles. The first-order chi connectivity index (χ1) is 11.7. The molecule has 1 N–H and O–H groups in total. The van der Waals surface area contributed by atoms with E-state index in [-0.39, 0.29) is 17.1 Å². The highest BCUT2D eigenvalue weighted by molar-refractivity contribution is 9.10. The summed E-state index contributed by atoms with van der Waals surface area (Å²) in [5, 5.41) is 0. The summed E-state index contributed by atoms with van der Waals surface area (Å²) >= 11 is 3.24. The van der Waals surface area contributed by atoms with Crippen LogP contribution in [0.5, 0.6) is 0 Å². The molecule has 8 heteroatoms. The van der Waals surface area contributed by atoms with E-state index in [1.807, 2.05) is 31.1 Å². The van der Waals surface area contributed by atoms with E-state index in [0.29, 0.717) is 10.2 Å². The van der Waals surface area contributed by atoms with Gasteiger partial charge in [-0.1, -0.05) is 0 Å². The van der Waals surface area contributed by atoms with E-state index in [9.17, 15) is 13.2 Å². The van der Waals surface area contributed by atoms with Crippen molar-refractivity contribution in [3.8, 4) is 0 Å². The Hall–Kier alpha value is -2.06. The van der Waals surface area contributed by atoms with Crippen molar-refractivity contribution in [2.45, 2.75) is 11.8 Å². The Kier molecular flexibility index (Phi) is 6.07. The lowest BCUT2D eigenvalue weighted by Gasteiger charge is -2.14. The van der Waals surface area contributed by atoms with Crippen LogP contribution in [0.15, 0.2) is 51.8 Å². The molecule has 2 aromatic rings. The zero-order valence-corrected chi connectivity index (χ0v) is 16.5. The van der Waals surface area contributed by atoms with E-state index in [1.165, 1.54) is 18.2 Å². The molecule has 25 heavy (non-hydrogen) atoms. The lowest BCUT2D eigenvalue weighted by atomic mass is 10.2. The number of anilines is 2. The summed E-state index contributed by atoms with van der Waals surface area (Å²) in [6, 6.07) is 11.2. The standard InChI is InChI=1S/C17H19BrN2O4S/c1-4-24-17(21)15-11-14(9-10-16(15)18)25(22,23)19-12-5-7-13(8-6-12)20(2)3/h5-11,19H,4H2,1-3H3. The fourth-order valence-electron chi connectivity index (χ4n) is 2.08. The number of nitrogens with one attached hydrogen (secondary N) is 1. The lowest BCUT2D eigenvalue weighted by molar-refractivity contribution is 0.0525. The minimum atomic E-state index is -3.83. The molecule has 0 saturated heterocycles. The number of nitrogens with zero attached hydrogens (tertiary/aromatic N) is 1. The molecule has 0 atom stereocenters. The van der Waals surface area contributed by atoms with Gasteiger partial charge in [0, 0.05) is 29.9 Å². The van der Waals surface area contributed by atoms with E-state index in [0.717, 1.165) is 5.69 Å². The van der Waals surface area contributed by atoms with Crippen molar-refractivity contribution >= 4 is 43.3 Å². The van der Waals surface area contributed by atoms with Gasteiger partial charge in [-0.2, -0.15) is 0 Å². The van der Waals surface area contributed by atoms with E-state index < -0.39 is 16.0 Å². The minimum Gasteiger partial charge on any atom is -0.462 e. The summed E-state index contributed by atoms with van der Waals surface area (Å²) < 4.78 is 33.1. The van der Waals surface area contributed by atoms with Crippen LogP contribution in [0.4, 0.5) is 11.4 Å². The van der Waals surface area contributed by atoms with Crippen molar-refractivity contribution in [1.29, 1.82) is 0 Å². The molecule has 6 nitrogen and oxygen atoms in total. The SMILES string of the molecule is CCOC(=O)c1cc(S(=O)(=O)Nc2ccc(N(C)C)cc2)ccc1Br. The summed E-state index contributed by atoms with van der Waals surface area (Å²) in [7, 11) is -0.0249. The third-order valence-corrected chi connectivity index (χ3v) is 5.45. The predicted molar refractivity (Wildman–Crippen MR) is 102 cm³/mol. The number of hydrogen-bond acceptors (Lipinski definition) is 5. The Morgan fingerprint density at radius 3 is 2.36 bits per heavy atom. The monoisotopic (exact) mass is 426 g/mol. The van der Waals surface area contributed by atoms with Crippen LogP contribution in [0.25, 0.3) is 0 Å². The Balaban J connectivity index is 2.30. The molecule has 0 fully saturated rings. The minimum absolute atomic E-state index is 0.0181. The predicted octanol–water partition coefficient (Wildman–Crippen LogP) is 3.49. The molecular formula is C17H19BrN2O4S. The number of carbonyl (C=O) groups is 1. The smallest absolute Gasteiger partial charge is 0.339 e. The second kappa shape index (κ2) is 7.88. The number of benzene rings is 2. The Bertz CT molecular complexity index is 865. The summed E-state index contributed by atoms with van der Waals surface area (Å²) in [6.07, 6.45) is 0. The van der Waals surface area contributed by atoms with Crippen molar-refractivity contribution in [1.82, 2.24) is 0 Å². The van der Waals surface area contributed by atoms with Gasteiger partial charge in [0.05, 0.1) is 17.1 Å². The third kappa shape index (κ3) is 4.73. The van der Waals surface area contributed by atoms with Crippen molar-refractivity contribution in [3.63, 3.8) is 0 Å².